The summed E-state index contributed by atoms with van der Waals surface area (Å²) in [6.07, 6.45) is 7.93. The van der Waals surface area contributed by atoms with Crippen molar-refractivity contribution in [3.8, 4) is 0 Å². The predicted octanol–water partition coefficient (Wildman–Crippen LogP) is 3.41. The molecule has 0 saturated carbocycles. The molecule has 98 valence electrons. The number of hydrogen-bond acceptors (Lipinski definition) is 1. The van der Waals surface area contributed by atoms with Gasteiger partial charge in [-0.05, 0) is 26.2 Å². The molecule has 0 bridgehead atoms. The summed E-state index contributed by atoms with van der Waals surface area (Å²) in [4.78, 5) is 12.1. The Morgan fingerprint density at radius 3 is 2.35 bits per heavy atom. The van der Waals surface area contributed by atoms with Crippen molar-refractivity contribution in [2.45, 2.75) is 72.3 Å². The molecule has 0 amide bonds. The Labute approximate surface area is 104 Å². The maximum Gasteiger partial charge on any atom is 0.269 e. The standard InChI is InChI=1S/C14H26N2O/c1-4-6-8-10-13-12(3)15-16(14(13)17)11-9-7-5-2/h15H,4-11H2,1-3H3. The first-order valence-electron chi connectivity index (χ1n) is 6.99. The molecule has 0 aliphatic carbocycles. The van der Waals surface area contributed by atoms with E-state index in [2.05, 4.69) is 18.9 Å². The fraction of sp³-hybridized carbons (Fsp3) is 0.786. The molecular weight excluding hydrogens is 212 g/mol. The summed E-state index contributed by atoms with van der Waals surface area (Å²) in [6.45, 7) is 7.21. The van der Waals surface area contributed by atoms with Gasteiger partial charge >= 0.3 is 0 Å². The molecule has 3 nitrogen and oxygen atoms in total. The number of aromatic amines is 1. The van der Waals surface area contributed by atoms with Crippen LogP contribution in [0.3, 0.4) is 0 Å². The SMILES string of the molecule is CCCCCc1c(C)[nH]n(CCCCC)c1=O. The predicted molar refractivity (Wildman–Crippen MR) is 72.5 cm³/mol. The van der Waals surface area contributed by atoms with Crippen LogP contribution in [-0.4, -0.2) is 9.78 Å². The van der Waals surface area contributed by atoms with E-state index >= 15 is 0 Å². The van der Waals surface area contributed by atoms with Crippen LogP contribution >= 0.6 is 0 Å². The van der Waals surface area contributed by atoms with Crippen molar-refractivity contribution in [3.63, 3.8) is 0 Å². The molecule has 0 radical (unpaired) electrons. The Balaban J connectivity index is 2.62. The van der Waals surface area contributed by atoms with Gasteiger partial charge in [-0.15, -0.1) is 0 Å². The van der Waals surface area contributed by atoms with Gasteiger partial charge in [0.1, 0.15) is 0 Å². The van der Waals surface area contributed by atoms with Crippen LogP contribution in [0, 0.1) is 6.92 Å². The van der Waals surface area contributed by atoms with E-state index in [0.29, 0.717) is 0 Å². The van der Waals surface area contributed by atoms with Gasteiger partial charge < -0.3 is 0 Å². The van der Waals surface area contributed by atoms with Gasteiger partial charge in [-0.2, -0.15) is 0 Å². The number of rotatable bonds is 8. The second kappa shape index (κ2) is 7.36. The lowest BCUT2D eigenvalue weighted by Gasteiger charge is -1.99. The second-order valence-electron chi connectivity index (χ2n) is 4.84. The van der Waals surface area contributed by atoms with Crippen molar-refractivity contribution in [2.75, 3.05) is 0 Å². The van der Waals surface area contributed by atoms with Crippen molar-refractivity contribution in [1.29, 1.82) is 0 Å². The Kier molecular flexibility index (Phi) is 6.09. The topological polar surface area (TPSA) is 37.8 Å². The third-order valence-electron chi connectivity index (χ3n) is 3.27. The summed E-state index contributed by atoms with van der Waals surface area (Å²) in [6, 6.07) is 0. The highest BCUT2D eigenvalue weighted by atomic mass is 16.1. The Morgan fingerprint density at radius 1 is 1.06 bits per heavy atom. The number of nitrogens with zero attached hydrogens (tertiary/aromatic N) is 1. The minimum Gasteiger partial charge on any atom is -0.300 e. The third-order valence-corrected chi connectivity index (χ3v) is 3.27. The fourth-order valence-electron chi connectivity index (χ4n) is 2.17. The number of hydrogen-bond donors (Lipinski definition) is 1. The molecule has 1 aromatic heterocycles. The van der Waals surface area contributed by atoms with Gasteiger partial charge in [0.25, 0.3) is 5.56 Å². The highest BCUT2D eigenvalue weighted by Gasteiger charge is 2.09. The molecule has 17 heavy (non-hydrogen) atoms. The molecule has 0 aliphatic rings. The number of nitrogens with one attached hydrogen (secondary N) is 1. The summed E-state index contributed by atoms with van der Waals surface area (Å²) >= 11 is 0. The van der Waals surface area contributed by atoms with E-state index < -0.39 is 0 Å². The van der Waals surface area contributed by atoms with E-state index in [-0.39, 0.29) is 5.56 Å². The van der Waals surface area contributed by atoms with Gasteiger partial charge in [0.05, 0.1) is 0 Å². The lowest BCUT2D eigenvalue weighted by atomic mass is 10.1. The van der Waals surface area contributed by atoms with Gasteiger partial charge in [0.2, 0.25) is 0 Å². The Morgan fingerprint density at radius 2 is 1.71 bits per heavy atom. The minimum absolute atomic E-state index is 0.203. The van der Waals surface area contributed by atoms with Crippen LogP contribution in [0.4, 0.5) is 0 Å². The molecule has 0 atom stereocenters. The molecule has 0 spiro atoms. The number of H-pyrrole nitrogens is 1. The molecule has 0 fully saturated rings. The zero-order valence-electron chi connectivity index (χ0n) is 11.5. The largest absolute Gasteiger partial charge is 0.300 e. The van der Waals surface area contributed by atoms with Gasteiger partial charge in [0, 0.05) is 17.8 Å². The van der Waals surface area contributed by atoms with Crippen LogP contribution in [0.1, 0.15) is 63.6 Å². The quantitative estimate of drug-likeness (QED) is 0.692. The summed E-state index contributed by atoms with van der Waals surface area (Å²) in [5, 5.41) is 3.20. The molecule has 0 aliphatic heterocycles. The van der Waals surface area contributed by atoms with Gasteiger partial charge in [-0.3, -0.25) is 14.6 Å². The maximum atomic E-state index is 12.1. The Hall–Kier alpha value is -0.990. The molecule has 0 unspecified atom stereocenters. The van der Waals surface area contributed by atoms with Crippen molar-refractivity contribution in [3.05, 3.63) is 21.6 Å². The first kappa shape index (κ1) is 14.1. The summed E-state index contributed by atoms with van der Waals surface area (Å²) in [7, 11) is 0. The van der Waals surface area contributed by atoms with Crippen LogP contribution in [-0.2, 0) is 13.0 Å². The molecule has 0 aromatic carbocycles. The smallest absolute Gasteiger partial charge is 0.269 e. The lowest BCUT2D eigenvalue weighted by Crippen LogP contribution is -2.19. The van der Waals surface area contributed by atoms with Crippen molar-refractivity contribution in [1.82, 2.24) is 9.78 Å². The molecule has 3 heteroatoms. The molecule has 1 heterocycles. The average Bonchev–Trinajstić information content (AvgIpc) is 2.57. The van der Waals surface area contributed by atoms with Crippen molar-refractivity contribution in [2.24, 2.45) is 0 Å². The fourth-order valence-corrected chi connectivity index (χ4v) is 2.17. The van der Waals surface area contributed by atoms with Crippen LogP contribution in [0.15, 0.2) is 4.79 Å². The van der Waals surface area contributed by atoms with E-state index in [4.69, 9.17) is 0 Å². The summed E-state index contributed by atoms with van der Waals surface area (Å²) in [5.74, 6) is 0. The van der Waals surface area contributed by atoms with Crippen LogP contribution in [0.5, 0.6) is 0 Å². The molecule has 0 saturated heterocycles. The second-order valence-corrected chi connectivity index (χ2v) is 4.84. The minimum atomic E-state index is 0.203. The normalized spacial score (nSPS) is 11.0. The van der Waals surface area contributed by atoms with Crippen LogP contribution < -0.4 is 5.56 Å². The molecular formula is C14H26N2O. The van der Waals surface area contributed by atoms with Crippen molar-refractivity contribution >= 4 is 0 Å². The van der Waals surface area contributed by atoms with Gasteiger partial charge in [-0.25, -0.2) is 0 Å². The third kappa shape index (κ3) is 4.06. The van der Waals surface area contributed by atoms with E-state index in [1.165, 1.54) is 25.7 Å². The summed E-state index contributed by atoms with van der Waals surface area (Å²) < 4.78 is 1.78. The lowest BCUT2D eigenvalue weighted by molar-refractivity contribution is 0.537. The van der Waals surface area contributed by atoms with Gasteiger partial charge in [-0.1, -0.05) is 39.5 Å². The zero-order valence-corrected chi connectivity index (χ0v) is 11.5. The highest BCUT2D eigenvalue weighted by molar-refractivity contribution is 5.15. The molecule has 1 N–H and O–H groups in total. The van der Waals surface area contributed by atoms with E-state index in [1.807, 2.05) is 6.92 Å². The first-order valence-corrected chi connectivity index (χ1v) is 6.99. The molecule has 1 aromatic rings. The van der Waals surface area contributed by atoms with E-state index in [9.17, 15) is 4.79 Å². The number of aryl methyl sites for hydroxylation is 2. The zero-order chi connectivity index (χ0) is 12.7. The van der Waals surface area contributed by atoms with E-state index in [0.717, 1.165) is 37.1 Å². The highest BCUT2D eigenvalue weighted by Crippen LogP contribution is 2.07. The van der Waals surface area contributed by atoms with Crippen molar-refractivity contribution < 1.29 is 0 Å². The average molecular weight is 238 g/mol. The van der Waals surface area contributed by atoms with Crippen LogP contribution in [0.25, 0.3) is 0 Å². The monoisotopic (exact) mass is 238 g/mol. The maximum absolute atomic E-state index is 12.1. The Bertz CT molecular complexity index is 376. The summed E-state index contributed by atoms with van der Waals surface area (Å²) in [5.41, 5.74) is 2.26. The van der Waals surface area contributed by atoms with Crippen LogP contribution in [0.2, 0.25) is 0 Å². The van der Waals surface area contributed by atoms with Gasteiger partial charge in [0.15, 0.2) is 0 Å². The molecule has 1 rings (SSSR count). The van der Waals surface area contributed by atoms with E-state index in [1.54, 1.807) is 4.68 Å². The number of aromatic nitrogens is 2. The number of unbranched alkanes of at least 4 members (excludes halogenated alkanes) is 4. The first-order chi connectivity index (χ1) is 8.20.